The number of rotatable bonds is 2. The Labute approximate surface area is 185 Å². The molecular weight excluding hydrogens is 424 g/mol. The summed E-state index contributed by atoms with van der Waals surface area (Å²) < 4.78 is 0. The van der Waals surface area contributed by atoms with Gasteiger partial charge in [0.2, 0.25) is 0 Å². The van der Waals surface area contributed by atoms with Crippen molar-refractivity contribution in [2.75, 3.05) is 52.2 Å². The predicted molar refractivity (Wildman–Crippen MR) is 116 cm³/mol. The Kier molecular flexibility index (Phi) is 8.88. The van der Waals surface area contributed by atoms with Crippen molar-refractivity contribution in [3.63, 3.8) is 0 Å². The Morgan fingerprint density at radius 2 is 1.38 bits per heavy atom. The van der Waals surface area contributed by atoms with Crippen molar-refractivity contribution >= 4 is 41.5 Å². The first-order valence-electron chi connectivity index (χ1n) is 9.14. The van der Waals surface area contributed by atoms with Gasteiger partial charge in [-0.05, 0) is 12.1 Å². The SMILES string of the molecule is CNC(=O)NN(C(=O)N(NC(=O)N(C)C)N(C)C(=O)NC)c1ccccc1N(C)C(N)=O. The Bertz CT molecular complexity index is 877. The molecule has 10 amide bonds. The number of urea groups is 5. The molecule has 0 unspecified atom stereocenters. The molecule has 32 heavy (non-hydrogen) atoms. The minimum atomic E-state index is -1.07. The number of amides is 10. The van der Waals surface area contributed by atoms with Crippen molar-refractivity contribution in [2.24, 2.45) is 5.73 Å². The van der Waals surface area contributed by atoms with Crippen LogP contribution in [0, 0.1) is 0 Å². The van der Waals surface area contributed by atoms with Gasteiger partial charge in [0.15, 0.2) is 0 Å². The molecule has 0 aromatic heterocycles. The molecule has 0 aliphatic heterocycles. The van der Waals surface area contributed by atoms with Gasteiger partial charge in [0.05, 0.1) is 11.4 Å². The number of hydrogen-bond donors (Lipinski definition) is 5. The van der Waals surface area contributed by atoms with E-state index in [4.69, 9.17) is 5.73 Å². The first kappa shape index (κ1) is 25.6. The largest absolute Gasteiger partial charge is 0.382 e. The van der Waals surface area contributed by atoms with Crippen LogP contribution in [0.25, 0.3) is 0 Å². The fourth-order valence-corrected chi connectivity index (χ4v) is 2.21. The topological polar surface area (TPSA) is 176 Å². The van der Waals surface area contributed by atoms with Gasteiger partial charge < -0.3 is 21.3 Å². The fourth-order valence-electron chi connectivity index (χ4n) is 2.21. The third-order valence-corrected chi connectivity index (χ3v) is 4.04. The zero-order valence-electron chi connectivity index (χ0n) is 18.7. The number of hydrazine groups is 3. The number of carbonyl (C=O) groups is 5. The maximum Gasteiger partial charge on any atom is 0.382 e. The van der Waals surface area contributed by atoms with Crippen molar-refractivity contribution < 1.29 is 24.0 Å². The van der Waals surface area contributed by atoms with Gasteiger partial charge in [-0.3, -0.25) is 4.90 Å². The lowest BCUT2D eigenvalue weighted by atomic mass is 10.2. The number of nitrogens with one attached hydrogen (secondary N) is 4. The van der Waals surface area contributed by atoms with Gasteiger partial charge in [0.1, 0.15) is 0 Å². The number of para-hydroxylation sites is 2. The Balaban J connectivity index is 3.59. The van der Waals surface area contributed by atoms with Crippen LogP contribution in [0.15, 0.2) is 24.3 Å². The number of benzene rings is 1. The van der Waals surface area contributed by atoms with E-state index in [9.17, 15) is 24.0 Å². The average Bonchev–Trinajstić information content (AvgIpc) is 2.78. The third kappa shape index (κ3) is 6.04. The second-order valence-electron chi connectivity index (χ2n) is 6.40. The highest BCUT2D eigenvalue weighted by atomic mass is 16.2. The summed E-state index contributed by atoms with van der Waals surface area (Å²) in [5.41, 5.74) is 10.1. The van der Waals surface area contributed by atoms with Crippen LogP contribution in [0.3, 0.4) is 0 Å². The highest BCUT2D eigenvalue weighted by molar-refractivity contribution is 6.02. The van der Waals surface area contributed by atoms with Crippen molar-refractivity contribution in [3.05, 3.63) is 24.3 Å². The summed E-state index contributed by atoms with van der Waals surface area (Å²) in [5.74, 6) is 0. The zero-order chi connectivity index (χ0) is 24.6. The summed E-state index contributed by atoms with van der Waals surface area (Å²) >= 11 is 0. The summed E-state index contributed by atoms with van der Waals surface area (Å²) in [6, 6.07) is 1.86. The molecule has 15 heteroatoms. The highest BCUT2D eigenvalue weighted by Crippen LogP contribution is 2.28. The minimum Gasteiger partial charge on any atom is -0.351 e. The molecule has 15 nitrogen and oxygen atoms in total. The van der Waals surface area contributed by atoms with Crippen molar-refractivity contribution in [2.45, 2.75) is 0 Å². The second kappa shape index (κ2) is 11.1. The van der Waals surface area contributed by atoms with Crippen LogP contribution >= 0.6 is 0 Å². The Morgan fingerprint density at radius 3 is 1.84 bits per heavy atom. The number of carbonyl (C=O) groups excluding carboxylic acids is 5. The fraction of sp³-hybridized carbons (Fsp3) is 0.353. The van der Waals surface area contributed by atoms with E-state index in [1.54, 1.807) is 12.1 Å². The molecule has 0 aliphatic carbocycles. The van der Waals surface area contributed by atoms with Gasteiger partial charge in [-0.2, -0.15) is 5.01 Å². The van der Waals surface area contributed by atoms with Crippen LogP contribution in [0.5, 0.6) is 0 Å². The average molecular weight is 452 g/mol. The van der Waals surface area contributed by atoms with Gasteiger partial charge in [0, 0.05) is 42.3 Å². The highest BCUT2D eigenvalue weighted by Gasteiger charge is 2.33. The molecule has 1 rings (SSSR count). The molecule has 0 spiro atoms. The van der Waals surface area contributed by atoms with Crippen LogP contribution in [0.2, 0.25) is 0 Å². The van der Waals surface area contributed by atoms with Crippen LogP contribution in [-0.2, 0) is 0 Å². The van der Waals surface area contributed by atoms with Crippen LogP contribution in [0.4, 0.5) is 35.3 Å². The van der Waals surface area contributed by atoms with Gasteiger partial charge in [-0.25, -0.2) is 39.8 Å². The quantitative estimate of drug-likeness (QED) is 0.385. The Morgan fingerprint density at radius 1 is 0.812 bits per heavy atom. The van der Waals surface area contributed by atoms with E-state index in [0.717, 1.165) is 19.8 Å². The van der Waals surface area contributed by atoms with Crippen LogP contribution < -0.4 is 37.1 Å². The first-order chi connectivity index (χ1) is 15.0. The van der Waals surface area contributed by atoms with Crippen molar-refractivity contribution in [3.8, 4) is 0 Å². The first-order valence-corrected chi connectivity index (χ1v) is 9.14. The summed E-state index contributed by atoms with van der Waals surface area (Å²) in [4.78, 5) is 63.9. The van der Waals surface area contributed by atoms with Gasteiger partial charge >= 0.3 is 30.2 Å². The zero-order valence-corrected chi connectivity index (χ0v) is 18.7. The van der Waals surface area contributed by atoms with E-state index < -0.39 is 30.2 Å². The van der Waals surface area contributed by atoms with Crippen LogP contribution in [0.1, 0.15) is 0 Å². The molecule has 0 atom stereocenters. The summed E-state index contributed by atoms with van der Waals surface area (Å²) in [7, 11) is 8.08. The number of hydrogen-bond acceptors (Lipinski definition) is 5. The predicted octanol–water partition coefficient (Wildman–Crippen LogP) is -0.354. The molecule has 0 saturated carbocycles. The van der Waals surface area contributed by atoms with Gasteiger partial charge in [-0.1, -0.05) is 12.1 Å². The number of anilines is 2. The molecule has 6 N–H and O–H groups in total. The molecule has 0 bridgehead atoms. The standard InChI is InChI=1S/C17H28N10O5/c1-19-14(29)21-26(12-10-8-7-9-11(12)24(5)13(18)28)17(32)27(22-16(31)23(3)4)25(6)15(30)20-2/h7-10H,1-6H3,(H2,18,28)(H,20,30)(H,22,31)(H2,19,21,29). The molecule has 1 aromatic rings. The van der Waals surface area contributed by atoms with Crippen molar-refractivity contribution in [1.29, 1.82) is 0 Å². The lowest BCUT2D eigenvalue weighted by molar-refractivity contribution is 0.0357. The summed E-state index contributed by atoms with van der Waals surface area (Å²) in [6.07, 6.45) is 0. The monoisotopic (exact) mass is 452 g/mol. The lowest BCUT2D eigenvalue weighted by Crippen LogP contribution is -2.65. The Hall–Kier alpha value is -4.43. The molecule has 0 aliphatic rings. The lowest BCUT2D eigenvalue weighted by Gasteiger charge is -2.36. The molecule has 0 fully saturated rings. The summed E-state index contributed by atoms with van der Waals surface area (Å²) in [5, 5.41) is 6.72. The van der Waals surface area contributed by atoms with E-state index >= 15 is 0 Å². The summed E-state index contributed by atoms with van der Waals surface area (Å²) in [6.45, 7) is 0. The number of nitrogens with two attached hydrogens (primary N) is 1. The van der Waals surface area contributed by atoms with Gasteiger partial charge in [0.25, 0.3) is 0 Å². The smallest absolute Gasteiger partial charge is 0.351 e. The van der Waals surface area contributed by atoms with Gasteiger partial charge in [-0.15, -0.1) is 5.12 Å². The molecular formula is C17H28N10O5. The molecule has 0 radical (unpaired) electrons. The molecule has 0 saturated heterocycles. The van der Waals surface area contributed by atoms with E-state index in [1.807, 2.05) is 0 Å². The van der Waals surface area contributed by atoms with E-state index in [-0.39, 0.29) is 11.4 Å². The number of nitrogens with zero attached hydrogens (tertiary/aromatic N) is 5. The normalized spacial score (nSPS) is 9.69. The maximum atomic E-state index is 13.5. The molecule has 0 heterocycles. The van der Waals surface area contributed by atoms with E-state index in [2.05, 4.69) is 21.5 Å². The van der Waals surface area contributed by atoms with E-state index in [0.29, 0.717) is 5.12 Å². The van der Waals surface area contributed by atoms with E-state index in [1.165, 1.54) is 54.4 Å². The van der Waals surface area contributed by atoms with Crippen molar-refractivity contribution in [1.82, 2.24) is 36.5 Å². The molecule has 176 valence electrons. The van der Waals surface area contributed by atoms with Crippen LogP contribution in [-0.4, -0.2) is 87.5 Å². The second-order valence-corrected chi connectivity index (χ2v) is 6.40. The minimum absolute atomic E-state index is 0.0248. The maximum absolute atomic E-state index is 13.5. The third-order valence-electron chi connectivity index (χ3n) is 4.04. The number of primary amides is 1. The molecule has 1 aromatic carbocycles.